The van der Waals surface area contributed by atoms with Crippen LogP contribution < -0.4 is 0 Å². The molecule has 1 aromatic heterocycles. The number of aromatic amines is 1. The lowest BCUT2D eigenvalue weighted by Gasteiger charge is -2.31. The van der Waals surface area contributed by atoms with Crippen molar-refractivity contribution in [2.75, 3.05) is 39.8 Å². The summed E-state index contributed by atoms with van der Waals surface area (Å²) >= 11 is 0. The van der Waals surface area contributed by atoms with Crippen LogP contribution in [0.4, 0.5) is 0 Å². The number of esters is 1. The van der Waals surface area contributed by atoms with Crippen molar-refractivity contribution in [1.29, 1.82) is 0 Å². The summed E-state index contributed by atoms with van der Waals surface area (Å²) in [5.74, 6) is -0.383. The van der Waals surface area contributed by atoms with Crippen LogP contribution in [0, 0.1) is 13.8 Å². The van der Waals surface area contributed by atoms with Gasteiger partial charge in [0.25, 0.3) is 0 Å². The number of hydrogen-bond acceptors (Lipinski definition) is 5. The molecule has 1 aliphatic heterocycles. The maximum absolute atomic E-state index is 12.8. The Kier molecular flexibility index (Phi) is 6.08. The molecule has 0 radical (unpaired) electrons. The molecule has 6 nitrogen and oxygen atoms in total. The van der Waals surface area contributed by atoms with Gasteiger partial charge in [0.15, 0.2) is 5.78 Å². The van der Waals surface area contributed by atoms with Crippen molar-refractivity contribution in [3.63, 3.8) is 0 Å². The molecule has 2 heterocycles. The zero-order valence-electron chi connectivity index (χ0n) is 16.2. The molecule has 1 aliphatic rings. The minimum atomic E-state index is -0.432. The van der Waals surface area contributed by atoms with Crippen molar-refractivity contribution in [2.45, 2.75) is 20.5 Å². The summed E-state index contributed by atoms with van der Waals surface area (Å²) < 4.78 is 5.41. The van der Waals surface area contributed by atoms with Crippen LogP contribution in [0.5, 0.6) is 0 Å². The number of nitrogens with zero attached hydrogens (tertiary/aromatic N) is 2. The molecule has 0 saturated carbocycles. The lowest BCUT2D eigenvalue weighted by Crippen LogP contribution is -2.46. The number of nitrogens with one attached hydrogen (secondary N) is 1. The first-order chi connectivity index (χ1) is 13.0. The van der Waals surface area contributed by atoms with Crippen LogP contribution >= 0.6 is 0 Å². The van der Waals surface area contributed by atoms with Crippen molar-refractivity contribution in [3.05, 3.63) is 58.4 Å². The van der Waals surface area contributed by atoms with Crippen LogP contribution in [0.2, 0.25) is 0 Å². The smallest absolute Gasteiger partial charge is 0.355 e. The van der Waals surface area contributed by atoms with Gasteiger partial charge in [-0.25, -0.2) is 4.79 Å². The number of Topliss-reactive ketones (excluding diaryl/α,β-unsaturated/α-hetero) is 1. The number of rotatable bonds is 6. The van der Waals surface area contributed by atoms with Crippen molar-refractivity contribution in [1.82, 2.24) is 14.8 Å². The monoisotopic (exact) mass is 369 g/mol. The second-order valence-corrected chi connectivity index (χ2v) is 7.19. The van der Waals surface area contributed by atoms with Gasteiger partial charge in [-0.2, -0.15) is 0 Å². The molecule has 1 fully saturated rings. The third-order valence-corrected chi connectivity index (χ3v) is 5.10. The van der Waals surface area contributed by atoms with Crippen molar-refractivity contribution in [3.8, 4) is 0 Å². The third-order valence-electron chi connectivity index (χ3n) is 5.10. The molecule has 0 aliphatic carbocycles. The van der Waals surface area contributed by atoms with Crippen molar-refractivity contribution >= 4 is 11.8 Å². The van der Waals surface area contributed by atoms with Crippen molar-refractivity contribution in [2.24, 2.45) is 0 Å². The lowest BCUT2D eigenvalue weighted by molar-refractivity contribution is 0.0465. The normalized spacial score (nSPS) is 15.7. The van der Waals surface area contributed by atoms with Gasteiger partial charge in [0.05, 0.1) is 6.54 Å². The Bertz CT molecular complexity index is 806. The molecular weight excluding hydrogens is 342 g/mol. The maximum Gasteiger partial charge on any atom is 0.355 e. The van der Waals surface area contributed by atoms with Crippen LogP contribution in [0.15, 0.2) is 30.3 Å². The number of ether oxygens (including phenoxy) is 1. The Morgan fingerprint density at radius 1 is 1.07 bits per heavy atom. The Morgan fingerprint density at radius 2 is 1.74 bits per heavy atom. The van der Waals surface area contributed by atoms with Gasteiger partial charge in [-0.1, -0.05) is 30.3 Å². The van der Waals surface area contributed by atoms with E-state index in [-0.39, 0.29) is 12.4 Å². The Hall–Kier alpha value is -2.44. The van der Waals surface area contributed by atoms with E-state index in [1.54, 1.807) is 6.92 Å². The second kappa shape index (κ2) is 8.50. The van der Waals surface area contributed by atoms with Gasteiger partial charge < -0.3 is 14.6 Å². The average Bonchev–Trinajstić information content (AvgIpc) is 2.97. The van der Waals surface area contributed by atoms with Gasteiger partial charge in [-0.15, -0.1) is 0 Å². The number of likely N-dealkylation sites (N-methyl/N-ethyl adjacent to an activating group) is 1. The number of aryl methyl sites for hydroxylation is 1. The molecule has 0 atom stereocenters. The number of aromatic nitrogens is 1. The topological polar surface area (TPSA) is 65.6 Å². The molecule has 0 amide bonds. The summed E-state index contributed by atoms with van der Waals surface area (Å²) in [5.41, 5.74) is 3.30. The van der Waals surface area contributed by atoms with Crippen LogP contribution in [0.25, 0.3) is 0 Å². The number of carbonyl (C=O) groups excluding carboxylic acids is 2. The summed E-state index contributed by atoms with van der Waals surface area (Å²) in [7, 11) is 2.09. The molecule has 27 heavy (non-hydrogen) atoms. The van der Waals surface area contributed by atoms with E-state index in [0.29, 0.717) is 23.4 Å². The van der Waals surface area contributed by atoms with Gasteiger partial charge in [-0.3, -0.25) is 9.69 Å². The second-order valence-electron chi connectivity index (χ2n) is 7.19. The van der Waals surface area contributed by atoms with Crippen LogP contribution in [0.3, 0.4) is 0 Å². The fourth-order valence-electron chi connectivity index (χ4n) is 3.46. The summed E-state index contributed by atoms with van der Waals surface area (Å²) in [6, 6.07) is 9.54. The molecule has 2 aromatic rings. The third kappa shape index (κ3) is 4.64. The van der Waals surface area contributed by atoms with Crippen molar-refractivity contribution < 1.29 is 14.3 Å². The largest absolute Gasteiger partial charge is 0.456 e. The van der Waals surface area contributed by atoms with E-state index in [0.717, 1.165) is 37.4 Å². The van der Waals surface area contributed by atoms with E-state index >= 15 is 0 Å². The van der Waals surface area contributed by atoms with Gasteiger partial charge >= 0.3 is 5.97 Å². The zero-order chi connectivity index (χ0) is 19.4. The number of H-pyrrole nitrogens is 1. The van der Waals surface area contributed by atoms with E-state index in [1.165, 1.54) is 0 Å². The summed E-state index contributed by atoms with van der Waals surface area (Å²) in [4.78, 5) is 32.8. The first kappa shape index (κ1) is 19.3. The molecule has 1 aromatic carbocycles. The highest BCUT2D eigenvalue weighted by Crippen LogP contribution is 2.20. The van der Waals surface area contributed by atoms with E-state index in [2.05, 4.69) is 21.8 Å². The lowest BCUT2D eigenvalue weighted by atomic mass is 10.0. The van der Waals surface area contributed by atoms with E-state index in [4.69, 9.17) is 4.74 Å². The summed E-state index contributed by atoms with van der Waals surface area (Å²) in [6.07, 6.45) is 0. The predicted molar refractivity (Wildman–Crippen MR) is 104 cm³/mol. The number of carbonyl (C=O) groups is 2. The number of piperazine rings is 1. The summed E-state index contributed by atoms with van der Waals surface area (Å²) in [5, 5.41) is 0. The average molecular weight is 369 g/mol. The highest BCUT2D eigenvalue weighted by Gasteiger charge is 2.25. The first-order valence-corrected chi connectivity index (χ1v) is 9.30. The molecule has 1 saturated heterocycles. The van der Waals surface area contributed by atoms with Gasteiger partial charge in [0, 0.05) is 37.4 Å². The van der Waals surface area contributed by atoms with E-state index in [9.17, 15) is 9.59 Å². The predicted octanol–water partition coefficient (Wildman–Crippen LogP) is 2.42. The summed E-state index contributed by atoms with van der Waals surface area (Å²) in [6.45, 7) is 7.93. The highest BCUT2D eigenvalue weighted by molar-refractivity contribution is 6.03. The number of benzene rings is 1. The first-order valence-electron chi connectivity index (χ1n) is 9.30. The maximum atomic E-state index is 12.8. The van der Waals surface area contributed by atoms with Gasteiger partial charge in [-0.05, 0) is 32.0 Å². The van der Waals surface area contributed by atoms with E-state index < -0.39 is 5.97 Å². The van der Waals surface area contributed by atoms with Crippen LogP contribution in [-0.4, -0.2) is 66.3 Å². The van der Waals surface area contributed by atoms with Crippen LogP contribution in [0.1, 0.15) is 37.7 Å². The molecule has 144 valence electrons. The van der Waals surface area contributed by atoms with Gasteiger partial charge in [0.1, 0.15) is 12.3 Å². The molecular formula is C21H27N3O3. The minimum Gasteiger partial charge on any atom is -0.456 e. The SMILES string of the molecule is Cc1[nH]c(C(=O)OCc2ccccc2)c(C)c1C(=O)CN1CCN(C)CC1. The Morgan fingerprint density at radius 3 is 2.41 bits per heavy atom. The highest BCUT2D eigenvalue weighted by atomic mass is 16.5. The molecule has 6 heteroatoms. The number of ketones is 1. The van der Waals surface area contributed by atoms with Gasteiger partial charge in [0.2, 0.25) is 0 Å². The fraction of sp³-hybridized carbons (Fsp3) is 0.429. The molecule has 0 unspecified atom stereocenters. The molecule has 0 bridgehead atoms. The number of hydrogen-bond donors (Lipinski definition) is 1. The molecule has 0 spiro atoms. The Labute approximate surface area is 160 Å². The fourth-order valence-corrected chi connectivity index (χ4v) is 3.46. The van der Waals surface area contributed by atoms with Crippen LogP contribution in [-0.2, 0) is 11.3 Å². The molecule has 1 N–H and O–H groups in total. The quantitative estimate of drug-likeness (QED) is 0.626. The zero-order valence-corrected chi connectivity index (χ0v) is 16.2. The standard InChI is InChI=1S/C21H27N3O3/c1-15-19(18(25)13-24-11-9-23(3)10-12-24)16(2)22-20(15)21(26)27-14-17-7-5-4-6-8-17/h4-8,22H,9-14H2,1-3H3. The molecule has 3 rings (SSSR count). The minimum absolute atomic E-state index is 0.0490. The van der Waals surface area contributed by atoms with E-state index in [1.807, 2.05) is 37.3 Å². The Balaban J connectivity index is 1.66.